The largest absolute Gasteiger partial charge is 0.369 e. The van der Waals surface area contributed by atoms with Gasteiger partial charge in [0.1, 0.15) is 17.5 Å². The molecule has 5 nitrogen and oxygen atoms in total. The monoisotopic (exact) mass is 251 g/mol. The number of rotatable bonds is 4. The lowest BCUT2D eigenvalue weighted by Gasteiger charge is -2.27. The van der Waals surface area contributed by atoms with Crippen molar-refractivity contribution < 1.29 is 0 Å². The number of hydrazine groups is 1. The number of nitrogens with one attached hydrogen (secondary N) is 2. The topological polar surface area (TPSA) is 75.9 Å². The third-order valence-electron chi connectivity index (χ3n) is 3.45. The van der Waals surface area contributed by atoms with Crippen molar-refractivity contribution >= 4 is 11.6 Å². The Kier molecular flexibility index (Phi) is 4.51. The third kappa shape index (κ3) is 3.57. The minimum Gasteiger partial charge on any atom is -0.369 e. The van der Waals surface area contributed by atoms with Crippen LogP contribution in [-0.4, -0.2) is 16.5 Å². The zero-order valence-corrected chi connectivity index (χ0v) is 12.3. The molecule has 1 aromatic heterocycles. The van der Waals surface area contributed by atoms with E-state index in [0.717, 1.165) is 17.9 Å². The third-order valence-corrected chi connectivity index (χ3v) is 3.45. The van der Waals surface area contributed by atoms with E-state index in [1.165, 1.54) is 0 Å². The Morgan fingerprint density at radius 2 is 1.72 bits per heavy atom. The number of aromatic nitrogens is 2. The fraction of sp³-hybridized carbons (Fsp3) is 0.692. The first-order chi connectivity index (χ1) is 8.25. The van der Waals surface area contributed by atoms with E-state index < -0.39 is 0 Å². The van der Waals surface area contributed by atoms with Crippen LogP contribution in [0.4, 0.5) is 11.6 Å². The highest BCUT2D eigenvalue weighted by molar-refractivity contribution is 5.56. The van der Waals surface area contributed by atoms with Crippen LogP contribution in [0.5, 0.6) is 0 Å². The molecule has 0 saturated carbocycles. The van der Waals surface area contributed by atoms with Gasteiger partial charge in [-0.25, -0.2) is 15.8 Å². The fourth-order valence-corrected chi connectivity index (χ4v) is 1.50. The molecular weight excluding hydrogens is 226 g/mol. The summed E-state index contributed by atoms with van der Waals surface area (Å²) in [6, 6.07) is 0. The van der Waals surface area contributed by atoms with Crippen molar-refractivity contribution in [1.82, 2.24) is 9.97 Å². The molecule has 0 radical (unpaired) electrons. The summed E-state index contributed by atoms with van der Waals surface area (Å²) >= 11 is 0. The highest BCUT2D eigenvalue weighted by atomic mass is 15.3. The van der Waals surface area contributed by atoms with E-state index in [9.17, 15) is 0 Å². The summed E-state index contributed by atoms with van der Waals surface area (Å²) in [5.41, 5.74) is 3.83. The van der Waals surface area contributed by atoms with E-state index in [0.29, 0.717) is 17.6 Å². The number of nitrogens with zero attached hydrogens (tertiary/aromatic N) is 2. The zero-order chi connectivity index (χ0) is 13.9. The van der Waals surface area contributed by atoms with Crippen LogP contribution in [0.25, 0.3) is 0 Å². The van der Waals surface area contributed by atoms with Crippen molar-refractivity contribution in [1.29, 1.82) is 0 Å². The lowest BCUT2D eigenvalue weighted by atomic mass is 9.82. The summed E-state index contributed by atoms with van der Waals surface area (Å²) in [6.07, 6.45) is 0. The molecule has 0 saturated heterocycles. The number of anilines is 2. The average molecular weight is 251 g/mol. The molecule has 0 aromatic carbocycles. The molecule has 1 rings (SSSR count). The predicted octanol–water partition coefficient (Wildman–Crippen LogP) is 2.47. The second-order valence-corrected chi connectivity index (χ2v) is 5.89. The quantitative estimate of drug-likeness (QED) is 0.566. The molecule has 5 heteroatoms. The molecule has 102 valence electrons. The number of nitrogens with two attached hydrogens (primary N) is 1. The minimum absolute atomic E-state index is 0.276. The molecular formula is C13H25N5. The van der Waals surface area contributed by atoms with Gasteiger partial charge in [-0.3, -0.25) is 0 Å². The lowest BCUT2D eigenvalue weighted by molar-refractivity contribution is 0.274. The Bertz CT molecular complexity index is 409. The van der Waals surface area contributed by atoms with Crippen LogP contribution in [0.1, 0.15) is 39.1 Å². The predicted molar refractivity (Wildman–Crippen MR) is 76.4 cm³/mol. The molecule has 0 aliphatic rings. The maximum Gasteiger partial charge on any atom is 0.148 e. The van der Waals surface area contributed by atoms with E-state index in [4.69, 9.17) is 5.84 Å². The molecule has 0 spiro atoms. The first-order valence-corrected chi connectivity index (χ1v) is 6.31. The molecule has 1 aromatic rings. The molecule has 1 atom stereocenters. The highest BCUT2D eigenvalue weighted by Gasteiger charge is 2.20. The van der Waals surface area contributed by atoms with E-state index >= 15 is 0 Å². The van der Waals surface area contributed by atoms with E-state index in [1.807, 2.05) is 13.8 Å². The fourth-order valence-electron chi connectivity index (χ4n) is 1.50. The van der Waals surface area contributed by atoms with Gasteiger partial charge < -0.3 is 10.7 Å². The number of aryl methyl sites for hydroxylation is 1. The molecule has 1 heterocycles. The second-order valence-electron chi connectivity index (χ2n) is 5.89. The molecule has 0 bridgehead atoms. The van der Waals surface area contributed by atoms with Gasteiger partial charge in [-0.15, -0.1) is 0 Å². The van der Waals surface area contributed by atoms with Crippen LogP contribution in [0.3, 0.4) is 0 Å². The highest BCUT2D eigenvalue weighted by Crippen LogP contribution is 2.26. The summed E-state index contributed by atoms with van der Waals surface area (Å²) in [4.78, 5) is 8.66. The molecule has 0 amide bonds. The normalized spacial score (nSPS) is 13.3. The Morgan fingerprint density at radius 3 is 2.22 bits per heavy atom. The standard InChI is InChI=1S/C13H25N5/c1-8(13(4,5)6)7-15-11-9(2)12(18-14)17-10(3)16-11/h8H,7,14H2,1-6H3,(H2,15,16,17,18). The van der Waals surface area contributed by atoms with Gasteiger partial charge in [-0.2, -0.15) is 0 Å². The van der Waals surface area contributed by atoms with Gasteiger partial charge in [0.05, 0.1) is 0 Å². The van der Waals surface area contributed by atoms with Crippen LogP contribution >= 0.6 is 0 Å². The molecule has 0 aliphatic carbocycles. The first kappa shape index (κ1) is 14.7. The Morgan fingerprint density at radius 1 is 1.17 bits per heavy atom. The maximum atomic E-state index is 5.45. The van der Waals surface area contributed by atoms with Crippen molar-refractivity contribution in [3.8, 4) is 0 Å². The van der Waals surface area contributed by atoms with Crippen LogP contribution < -0.4 is 16.6 Å². The number of hydrogen-bond acceptors (Lipinski definition) is 5. The van der Waals surface area contributed by atoms with Gasteiger partial charge in [0.15, 0.2) is 0 Å². The van der Waals surface area contributed by atoms with Gasteiger partial charge in [-0.05, 0) is 25.2 Å². The smallest absolute Gasteiger partial charge is 0.148 e. The maximum absolute atomic E-state index is 5.45. The van der Waals surface area contributed by atoms with Crippen molar-refractivity contribution in [2.75, 3.05) is 17.3 Å². The Balaban J connectivity index is 2.82. The van der Waals surface area contributed by atoms with E-state index in [2.05, 4.69) is 48.4 Å². The second kappa shape index (κ2) is 5.52. The molecule has 0 fully saturated rings. The Labute approximate surface area is 110 Å². The molecule has 0 aliphatic heterocycles. The van der Waals surface area contributed by atoms with Gasteiger partial charge in [0.2, 0.25) is 0 Å². The SMILES string of the molecule is Cc1nc(NN)c(C)c(NCC(C)C(C)(C)C)n1. The van der Waals surface area contributed by atoms with Crippen LogP contribution in [0.2, 0.25) is 0 Å². The van der Waals surface area contributed by atoms with Gasteiger partial charge in [0, 0.05) is 12.1 Å². The van der Waals surface area contributed by atoms with E-state index in [1.54, 1.807) is 0 Å². The van der Waals surface area contributed by atoms with Crippen LogP contribution in [-0.2, 0) is 0 Å². The van der Waals surface area contributed by atoms with Crippen molar-refractivity contribution in [3.05, 3.63) is 11.4 Å². The zero-order valence-electron chi connectivity index (χ0n) is 12.3. The first-order valence-electron chi connectivity index (χ1n) is 6.31. The summed E-state index contributed by atoms with van der Waals surface area (Å²) < 4.78 is 0. The average Bonchev–Trinajstić information content (AvgIpc) is 2.27. The van der Waals surface area contributed by atoms with Gasteiger partial charge in [0.25, 0.3) is 0 Å². The lowest BCUT2D eigenvalue weighted by Crippen LogP contribution is -2.25. The van der Waals surface area contributed by atoms with Crippen LogP contribution in [0.15, 0.2) is 0 Å². The summed E-state index contributed by atoms with van der Waals surface area (Å²) in [5, 5.41) is 3.39. The summed E-state index contributed by atoms with van der Waals surface area (Å²) in [6.45, 7) is 13.7. The van der Waals surface area contributed by atoms with E-state index in [-0.39, 0.29) is 5.41 Å². The summed E-state index contributed by atoms with van der Waals surface area (Å²) in [7, 11) is 0. The van der Waals surface area contributed by atoms with Crippen LogP contribution in [0, 0.1) is 25.2 Å². The van der Waals surface area contributed by atoms with Crippen molar-refractivity contribution in [2.45, 2.75) is 41.5 Å². The van der Waals surface area contributed by atoms with Gasteiger partial charge >= 0.3 is 0 Å². The van der Waals surface area contributed by atoms with Crippen molar-refractivity contribution in [3.63, 3.8) is 0 Å². The van der Waals surface area contributed by atoms with Gasteiger partial charge in [-0.1, -0.05) is 27.7 Å². The summed E-state index contributed by atoms with van der Waals surface area (Å²) in [5.74, 6) is 8.22. The Hall–Kier alpha value is -1.36. The number of nitrogen functional groups attached to an aromatic ring is 1. The minimum atomic E-state index is 0.276. The molecule has 18 heavy (non-hydrogen) atoms. The molecule has 1 unspecified atom stereocenters. The molecule has 4 N–H and O–H groups in total. The number of hydrogen-bond donors (Lipinski definition) is 3. The van der Waals surface area contributed by atoms with Crippen molar-refractivity contribution in [2.24, 2.45) is 17.2 Å².